The fourth-order valence-electron chi connectivity index (χ4n) is 5.16. The molecule has 1 aromatic rings. The minimum absolute atomic E-state index is 0.0564. The number of amides is 1. The number of hydrogen-bond donors (Lipinski definition) is 1. The zero-order valence-electron chi connectivity index (χ0n) is 16.3. The van der Waals surface area contributed by atoms with Gasteiger partial charge in [-0.05, 0) is 63.3 Å². The van der Waals surface area contributed by atoms with Crippen LogP contribution in [0.25, 0.3) is 0 Å². The molecule has 2 saturated carbocycles. The van der Waals surface area contributed by atoms with E-state index in [1.165, 1.54) is 57.1 Å². The third-order valence-electron chi connectivity index (χ3n) is 6.90. The summed E-state index contributed by atoms with van der Waals surface area (Å²) >= 11 is 1.60. The van der Waals surface area contributed by atoms with E-state index in [-0.39, 0.29) is 11.9 Å². The third-order valence-corrected chi connectivity index (χ3v) is 7.68. The molecule has 144 valence electrons. The number of likely N-dealkylation sites (tertiary alicyclic amines) is 1. The third kappa shape index (κ3) is 3.99. The Morgan fingerprint density at radius 2 is 1.88 bits per heavy atom. The second kappa shape index (κ2) is 7.59. The lowest BCUT2D eigenvalue weighted by Crippen LogP contribution is -2.44. The summed E-state index contributed by atoms with van der Waals surface area (Å²) in [6.45, 7) is 5.82. The molecule has 5 heteroatoms. The van der Waals surface area contributed by atoms with Crippen molar-refractivity contribution in [1.29, 1.82) is 0 Å². The van der Waals surface area contributed by atoms with Gasteiger partial charge in [0.25, 0.3) is 0 Å². The molecule has 2 heterocycles. The maximum Gasteiger partial charge on any atom is 0.243 e. The van der Waals surface area contributed by atoms with Gasteiger partial charge in [-0.15, -0.1) is 11.3 Å². The first-order valence-electron chi connectivity index (χ1n) is 10.5. The molecule has 3 fully saturated rings. The van der Waals surface area contributed by atoms with Gasteiger partial charge in [-0.1, -0.05) is 26.7 Å². The summed E-state index contributed by atoms with van der Waals surface area (Å²) in [7, 11) is 0. The number of carbonyl (C=O) groups is 1. The van der Waals surface area contributed by atoms with Gasteiger partial charge in [-0.3, -0.25) is 9.69 Å². The second-order valence-electron chi connectivity index (χ2n) is 9.34. The van der Waals surface area contributed by atoms with E-state index in [2.05, 4.69) is 29.4 Å². The summed E-state index contributed by atoms with van der Waals surface area (Å²) in [6, 6.07) is 0.687. The first kappa shape index (κ1) is 18.4. The summed E-state index contributed by atoms with van der Waals surface area (Å²) in [5, 5.41) is 6.11. The molecule has 1 amide bonds. The highest BCUT2D eigenvalue weighted by molar-refractivity contribution is 7.13. The maximum atomic E-state index is 12.9. The van der Waals surface area contributed by atoms with Crippen molar-refractivity contribution >= 4 is 22.4 Å². The second-order valence-corrected chi connectivity index (χ2v) is 10.2. The molecule has 1 N–H and O–H groups in total. The number of rotatable bonds is 4. The molecular weight excluding hydrogens is 342 g/mol. The van der Waals surface area contributed by atoms with E-state index in [0.29, 0.717) is 17.4 Å². The van der Waals surface area contributed by atoms with Gasteiger partial charge in [0.1, 0.15) is 0 Å². The van der Waals surface area contributed by atoms with E-state index in [1.807, 2.05) is 0 Å². The predicted molar refractivity (Wildman–Crippen MR) is 108 cm³/mol. The molecule has 1 unspecified atom stereocenters. The summed E-state index contributed by atoms with van der Waals surface area (Å²) < 4.78 is 0. The van der Waals surface area contributed by atoms with Gasteiger partial charge in [-0.25, -0.2) is 4.98 Å². The lowest BCUT2D eigenvalue weighted by Gasteiger charge is -2.33. The van der Waals surface area contributed by atoms with Crippen molar-refractivity contribution in [2.45, 2.75) is 96.1 Å². The Balaban J connectivity index is 1.35. The van der Waals surface area contributed by atoms with Gasteiger partial charge in [0.2, 0.25) is 5.91 Å². The molecule has 1 aliphatic heterocycles. The van der Waals surface area contributed by atoms with Gasteiger partial charge in [0, 0.05) is 17.3 Å². The smallest absolute Gasteiger partial charge is 0.243 e. The van der Waals surface area contributed by atoms with Gasteiger partial charge < -0.3 is 5.32 Å². The van der Waals surface area contributed by atoms with Crippen LogP contribution < -0.4 is 5.32 Å². The van der Waals surface area contributed by atoms with Crippen LogP contribution in [-0.4, -0.2) is 34.4 Å². The fourth-order valence-corrected chi connectivity index (χ4v) is 5.95. The number of aromatic nitrogens is 1. The Bertz CT molecular complexity index is 625. The summed E-state index contributed by atoms with van der Waals surface area (Å²) in [5.41, 5.74) is 1.68. The zero-order valence-corrected chi connectivity index (χ0v) is 17.1. The van der Waals surface area contributed by atoms with Crippen LogP contribution in [-0.2, 0) is 4.79 Å². The van der Waals surface area contributed by atoms with Crippen LogP contribution in [0.5, 0.6) is 0 Å². The highest BCUT2D eigenvalue weighted by Crippen LogP contribution is 2.42. The average molecular weight is 376 g/mol. The Kier molecular flexibility index (Phi) is 5.38. The first-order chi connectivity index (χ1) is 12.5. The number of nitrogens with one attached hydrogen (secondary N) is 1. The van der Waals surface area contributed by atoms with E-state index in [1.54, 1.807) is 11.3 Å². The largest absolute Gasteiger partial charge is 0.301 e. The van der Waals surface area contributed by atoms with Crippen LogP contribution in [0, 0.1) is 5.41 Å². The van der Waals surface area contributed by atoms with Crippen molar-refractivity contribution < 1.29 is 4.79 Å². The van der Waals surface area contributed by atoms with E-state index in [4.69, 9.17) is 4.98 Å². The van der Waals surface area contributed by atoms with Crippen molar-refractivity contribution in [3.63, 3.8) is 0 Å². The molecule has 0 bridgehead atoms. The van der Waals surface area contributed by atoms with E-state index in [9.17, 15) is 4.79 Å². The standard InChI is InChI=1S/C21H33N3OS/c1-21(2)11-9-15(10-12-21)17-14-26-20(22-17)23-19(25)18-8-5-13-24(18)16-6-3-4-7-16/h14-16,18H,3-13H2,1-2H3,(H,22,23,25). The summed E-state index contributed by atoms with van der Waals surface area (Å²) in [4.78, 5) is 20.1. The average Bonchev–Trinajstić information content (AvgIpc) is 3.35. The van der Waals surface area contributed by atoms with Crippen molar-refractivity contribution in [1.82, 2.24) is 9.88 Å². The molecule has 0 spiro atoms. The van der Waals surface area contributed by atoms with Crippen LogP contribution in [0.2, 0.25) is 0 Å². The van der Waals surface area contributed by atoms with Crippen LogP contribution >= 0.6 is 11.3 Å². The number of carbonyl (C=O) groups excluding carboxylic acids is 1. The Labute approximate surface area is 161 Å². The van der Waals surface area contributed by atoms with Crippen molar-refractivity contribution in [3.05, 3.63) is 11.1 Å². The first-order valence-corrected chi connectivity index (χ1v) is 11.4. The number of hydrogen-bond acceptors (Lipinski definition) is 4. The molecular formula is C21H33N3OS. The van der Waals surface area contributed by atoms with E-state index < -0.39 is 0 Å². The van der Waals surface area contributed by atoms with Gasteiger partial charge in [0.05, 0.1) is 11.7 Å². The zero-order chi connectivity index (χ0) is 18.1. The van der Waals surface area contributed by atoms with Crippen LogP contribution in [0.3, 0.4) is 0 Å². The number of nitrogens with zero attached hydrogens (tertiary/aromatic N) is 2. The monoisotopic (exact) mass is 375 g/mol. The topological polar surface area (TPSA) is 45.2 Å². The molecule has 2 aliphatic carbocycles. The van der Waals surface area contributed by atoms with Crippen molar-refractivity contribution in [2.75, 3.05) is 11.9 Å². The quantitative estimate of drug-likeness (QED) is 0.789. The lowest BCUT2D eigenvalue weighted by molar-refractivity contribution is -0.121. The van der Waals surface area contributed by atoms with E-state index in [0.717, 1.165) is 24.5 Å². The molecule has 1 saturated heterocycles. The van der Waals surface area contributed by atoms with Crippen molar-refractivity contribution in [3.8, 4) is 0 Å². The molecule has 1 atom stereocenters. The highest BCUT2D eigenvalue weighted by atomic mass is 32.1. The molecule has 0 radical (unpaired) electrons. The molecule has 1 aromatic heterocycles. The Hall–Kier alpha value is -0.940. The fraction of sp³-hybridized carbons (Fsp3) is 0.810. The minimum atomic E-state index is 0.0564. The van der Waals surface area contributed by atoms with Crippen molar-refractivity contribution in [2.24, 2.45) is 5.41 Å². The van der Waals surface area contributed by atoms with Crippen LogP contribution in [0.1, 0.15) is 89.7 Å². The lowest BCUT2D eigenvalue weighted by atomic mass is 9.72. The maximum absolute atomic E-state index is 12.9. The van der Waals surface area contributed by atoms with Crippen LogP contribution in [0.4, 0.5) is 5.13 Å². The molecule has 0 aromatic carbocycles. The minimum Gasteiger partial charge on any atom is -0.301 e. The van der Waals surface area contributed by atoms with Gasteiger partial charge >= 0.3 is 0 Å². The number of thiazole rings is 1. The van der Waals surface area contributed by atoms with E-state index >= 15 is 0 Å². The van der Waals surface area contributed by atoms with Gasteiger partial charge in [-0.2, -0.15) is 0 Å². The van der Waals surface area contributed by atoms with Gasteiger partial charge in [0.15, 0.2) is 5.13 Å². The molecule has 26 heavy (non-hydrogen) atoms. The Morgan fingerprint density at radius 3 is 2.62 bits per heavy atom. The van der Waals surface area contributed by atoms with Crippen LogP contribution in [0.15, 0.2) is 5.38 Å². The number of anilines is 1. The Morgan fingerprint density at radius 1 is 1.15 bits per heavy atom. The SMILES string of the molecule is CC1(C)CCC(c2csc(NC(=O)C3CCCN3C3CCCC3)n2)CC1. The molecule has 3 aliphatic rings. The molecule has 4 rings (SSSR count). The summed E-state index contributed by atoms with van der Waals surface area (Å²) in [5.74, 6) is 0.742. The predicted octanol–water partition coefficient (Wildman–Crippen LogP) is 5.17. The summed E-state index contributed by atoms with van der Waals surface area (Å²) in [6.07, 6.45) is 12.3. The molecule has 4 nitrogen and oxygen atoms in total. The normalized spacial score (nSPS) is 27.8. The highest BCUT2D eigenvalue weighted by Gasteiger charge is 2.36.